The zero-order chi connectivity index (χ0) is 17.3. The van der Waals surface area contributed by atoms with E-state index >= 15 is 0 Å². The molecule has 0 radical (unpaired) electrons. The molecule has 0 spiro atoms. The summed E-state index contributed by atoms with van der Waals surface area (Å²) in [5.74, 6) is 0.811. The van der Waals surface area contributed by atoms with Gasteiger partial charge in [-0.2, -0.15) is 0 Å². The first-order valence-corrected chi connectivity index (χ1v) is 8.94. The van der Waals surface area contributed by atoms with Crippen molar-refractivity contribution in [3.63, 3.8) is 0 Å². The van der Waals surface area contributed by atoms with E-state index in [1.807, 2.05) is 30.3 Å². The Kier molecular flexibility index (Phi) is 3.00. The summed E-state index contributed by atoms with van der Waals surface area (Å²) in [6, 6.07) is 9.20. The number of nitrogens with zero attached hydrogens (tertiary/aromatic N) is 2. The Morgan fingerprint density at radius 2 is 1.60 bits per heavy atom. The van der Waals surface area contributed by atoms with Crippen molar-refractivity contribution in [1.82, 2.24) is 4.90 Å². The lowest BCUT2D eigenvalue weighted by molar-refractivity contribution is -0.140. The van der Waals surface area contributed by atoms with Gasteiger partial charge in [-0.15, -0.1) is 0 Å². The molecule has 3 fully saturated rings. The predicted octanol–water partition coefficient (Wildman–Crippen LogP) is 2.05. The molecule has 5 heteroatoms. The number of para-hydroxylation sites is 1. The highest BCUT2D eigenvalue weighted by Gasteiger charge is 2.67. The van der Waals surface area contributed by atoms with Gasteiger partial charge in [-0.25, -0.2) is 0 Å². The van der Waals surface area contributed by atoms with Crippen molar-refractivity contribution in [1.29, 1.82) is 0 Å². The summed E-state index contributed by atoms with van der Waals surface area (Å²) in [6.07, 6.45) is 5.47. The first-order valence-electron chi connectivity index (χ1n) is 8.94. The molecule has 6 rings (SSSR count). The van der Waals surface area contributed by atoms with Crippen molar-refractivity contribution >= 4 is 23.4 Å². The molecule has 0 N–H and O–H groups in total. The third-order valence-electron chi connectivity index (χ3n) is 6.48. The molecule has 4 aliphatic carbocycles. The second-order valence-corrected chi connectivity index (χ2v) is 7.68. The minimum absolute atomic E-state index is 0.0127. The third-order valence-corrected chi connectivity index (χ3v) is 6.48. The molecule has 5 nitrogen and oxygen atoms in total. The maximum absolute atomic E-state index is 13.0. The summed E-state index contributed by atoms with van der Waals surface area (Å²) in [4.78, 5) is 41.0. The number of hydrogen-bond donors (Lipinski definition) is 0. The van der Waals surface area contributed by atoms with E-state index in [1.54, 1.807) is 0 Å². The average Bonchev–Trinajstić information content (AvgIpc) is 3.40. The maximum atomic E-state index is 13.0. The zero-order valence-corrected chi connectivity index (χ0v) is 14.0. The van der Waals surface area contributed by atoms with Gasteiger partial charge in [0.05, 0.1) is 11.8 Å². The molecule has 128 valence electrons. The first kappa shape index (κ1) is 14.9. The second kappa shape index (κ2) is 5.04. The molecule has 6 atom stereocenters. The molecule has 0 aromatic heterocycles. The summed E-state index contributed by atoms with van der Waals surface area (Å²) in [7, 11) is 0. The molecule has 3 amide bonds. The number of allylic oxidation sites excluding steroid dienone is 2. The van der Waals surface area contributed by atoms with Crippen LogP contribution in [0.2, 0.25) is 0 Å². The van der Waals surface area contributed by atoms with Crippen molar-refractivity contribution in [3.05, 3.63) is 42.5 Å². The number of carbonyl (C=O) groups is 3. The van der Waals surface area contributed by atoms with Gasteiger partial charge in [-0.1, -0.05) is 30.4 Å². The number of amides is 3. The van der Waals surface area contributed by atoms with E-state index in [0.717, 1.165) is 6.42 Å². The van der Waals surface area contributed by atoms with Gasteiger partial charge in [0, 0.05) is 12.6 Å². The van der Waals surface area contributed by atoms with Gasteiger partial charge in [0.1, 0.15) is 6.67 Å². The highest BCUT2D eigenvalue weighted by atomic mass is 16.2. The molecule has 1 aromatic carbocycles. The van der Waals surface area contributed by atoms with E-state index in [9.17, 15) is 14.4 Å². The SMILES string of the molecule is CC(=O)N(CN1C(=O)[C@@H]2[C@H]3C=C[C@H]([C@H]4C[C@H]34)[C@@H]2C1=O)c1ccccc1. The minimum atomic E-state index is -0.212. The summed E-state index contributed by atoms with van der Waals surface area (Å²) >= 11 is 0. The largest absolute Gasteiger partial charge is 0.294 e. The van der Waals surface area contributed by atoms with Crippen LogP contribution >= 0.6 is 0 Å². The van der Waals surface area contributed by atoms with Crippen LogP contribution in [0.4, 0.5) is 5.69 Å². The van der Waals surface area contributed by atoms with Gasteiger partial charge in [-0.3, -0.25) is 24.2 Å². The van der Waals surface area contributed by atoms with Gasteiger partial charge in [0.2, 0.25) is 17.7 Å². The normalized spacial score (nSPS) is 37.1. The summed E-state index contributed by atoms with van der Waals surface area (Å²) in [6.45, 7) is 1.48. The Morgan fingerprint density at radius 1 is 1.04 bits per heavy atom. The molecule has 1 aliphatic heterocycles. The average molecular weight is 336 g/mol. The lowest BCUT2D eigenvalue weighted by Gasteiger charge is -2.37. The zero-order valence-electron chi connectivity index (χ0n) is 14.0. The highest BCUT2D eigenvalue weighted by Crippen LogP contribution is 2.65. The predicted molar refractivity (Wildman–Crippen MR) is 91.0 cm³/mol. The van der Waals surface area contributed by atoms with Gasteiger partial charge in [-0.05, 0) is 42.2 Å². The van der Waals surface area contributed by atoms with Gasteiger partial charge in [0.15, 0.2) is 0 Å². The molecular weight excluding hydrogens is 316 g/mol. The number of likely N-dealkylation sites (tertiary alicyclic amines) is 1. The van der Waals surface area contributed by atoms with E-state index in [0.29, 0.717) is 17.5 Å². The van der Waals surface area contributed by atoms with Crippen molar-refractivity contribution in [2.75, 3.05) is 11.6 Å². The quantitative estimate of drug-likeness (QED) is 0.627. The van der Waals surface area contributed by atoms with E-state index in [4.69, 9.17) is 0 Å². The Labute approximate surface area is 146 Å². The number of carbonyl (C=O) groups excluding carboxylic acids is 3. The standard InChI is InChI=1S/C20H20N2O3/c1-11(23)21(12-5-3-2-4-6-12)10-22-19(24)17-13-7-8-14(16-9-15(13)16)18(17)20(22)25/h2-8,13-18H,9-10H2,1H3/t13-,14+,15-,16-,17+,18-/m1/s1. The van der Waals surface area contributed by atoms with Crippen LogP contribution in [0, 0.1) is 35.5 Å². The van der Waals surface area contributed by atoms with E-state index in [-0.39, 0.29) is 48.1 Å². The van der Waals surface area contributed by atoms with Crippen LogP contribution in [0.5, 0.6) is 0 Å². The summed E-state index contributed by atoms with van der Waals surface area (Å²) in [5.41, 5.74) is 0.703. The van der Waals surface area contributed by atoms with E-state index < -0.39 is 0 Å². The topological polar surface area (TPSA) is 57.7 Å². The Balaban J connectivity index is 1.45. The molecular formula is C20H20N2O3. The van der Waals surface area contributed by atoms with E-state index in [1.165, 1.54) is 16.7 Å². The Hall–Kier alpha value is -2.43. The Bertz CT molecular complexity index is 766. The Morgan fingerprint density at radius 3 is 2.12 bits per heavy atom. The lowest BCUT2D eigenvalue weighted by atomic mass is 9.63. The molecule has 1 aromatic rings. The number of imide groups is 1. The van der Waals surface area contributed by atoms with Crippen molar-refractivity contribution < 1.29 is 14.4 Å². The fourth-order valence-electron chi connectivity index (χ4n) is 5.27. The molecule has 0 unspecified atom stereocenters. The van der Waals surface area contributed by atoms with Crippen LogP contribution in [0.1, 0.15) is 13.3 Å². The molecule has 2 bridgehead atoms. The van der Waals surface area contributed by atoms with Crippen molar-refractivity contribution in [2.24, 2.45) is 35.5 Å². The smallest absolute Gasteiger partial charge is 0.235 e. The number of anilines is 1. The van der Waals surface area contributed by atoms with Crippen LogP contribution < -0.4 is 4.90 Å². The van der Waals surface area contributed by atoms with Gasteiger partial charge in [0.25, 0.3) is 0 Å². The molecule has 5 aliphatic rings. The van der Waals surface area contributed by atoms with Crippen LogP contribution in [0.3, 0.4) is 0 Å². The monoisotopic (exact) mass is 336 g/mol. The van der Waals surface area contributed by atoms with Crippen LogP contribution in [-0.2, 0) is 14.4 Å². The molecule has 1 saturated heterocycles. The molecule has 2 saturated carbocycles. The number of benzene rings is 1. The lowest BCUT2D eigenvalue weighted by Crippen LogP contribution is -2.44. The second-order valence-electron chi connectivity index (χ2n) is 7.68. The van der Waals surface area contributed by atoms with Crippen LogP contribution in [0.15, 0.2) is 42.5 Å². The fraction of sp³-hybridized carbons (Fsp3) is 0.450. The highest BCUT2D eigenvalue weighted by molar-refractivity contribution is 6.07. The van der Waals surface area contributed by atoms with Gasteiger partial charge < -0.3 is 0 Å². The summed E-state index contributed by atoms with van der Waals surface area (Å²) in [5, 5.41) is 0. The molecule has 25 heavy (non-hydrogen) atoms. The maximum Gasteiger partial charge on any atom is 0.235 e. The van der Waals surface area contributed by atoms with Gasteiger partial charge >= 0.3 is 0 Å². The minimum Gasteiger partial charge on any atom is -0.294 e. The number of hydrogen-bond acceptors (Lipinski definition) is 3. The summed E-state index contributed by atoms with van der Waals surface area (Å²) < 4.78 is 0. The van der Waals surface area contributed by atoms with E-state index in [2.05, 4.69) is 12.2 Å². The van der Waals surface area contributed by atoms with Crippen LogP contribution in [0.25, 0.3) is 0 Å². The molecule has 1 heterocycles. The van der Waals surface area contributed by atoms with Crippen molar-refractivity contribution in [2.45, 2.75) is 13.3 Å². The first-order chi connectivity index (χ1) is 12.1. The van der Waals surface area contributed by atoms with Crippen molar-refractivity contribution in [3.8, 4) is 0 Å². The third kappa shape index (κ3) is 1.98. The fourth-order valence-corrected chi connectivity index (χ4v) is 5.27. The number of rotatable bonds is 3. The van der Waals surface area contributed by atoms with Crippen LogP contribution in [-0.4, -0.2) is 29.3 Å².